The number of carbonyl (C=O) groups is 1. The Morgan fingerprint density at radius 2 is 2.21 bits per heavy atom. The normalized spacial score (nSPS) is 15.2. The van der Waals surface area contributed by atoms with Gasteiger partial charge in [0.2, 0.25) is 5.91 Å². The van der Waals surface area contributed by atoms with Crippen molar-refractivity contribution in [1.29, 1.82) is 0 Å². The van der Waals surface area contributed by atoms with Gasteiger partial charge in [-0.1, -0.05) is 11.6 Å². The van der Waals surface area contributed by atoms with Gasteiger partial charge in [0.15, 0.2) is 0 Å². The third-order valence-corrected chi connectivity index (χ3v) is 2.35. The van der Waals surface area contributed by atoms with Crippen LogP contribution in [0.15, 0.2) is 18.2 Å². The van der Waals surface area contributed by atoms with E-state index in [1.165, 1.54) is 0 Å². The highest BCUT2D eigenvalue weighted by molar-refractivity contribution is 6.32. The molecule has 1 aliphatic carbocycles. The predicted octanol–water partition coefficient (Wildman–Crippen LogP) is 1.98. The SMILES string of the molecule is NC(=O)c1ccc(Cl)c(OC2CC2)c1. The summed E-state index contributed by atoms with van der Waals surface area (Å²) in [5.74, 6) is 0.0766. The van der Waals surface area contributed by atoms with E-state index >= 15 is 0 Å². The van der Waals surface area contributed by atoms with Crippen LogP contribution in [-0.4, -0.2) is 12.0 Å². The summed E-state index contributed by atoms with van der Waals surface area (Å²) >= 11 is 5.90. The van der Waals surface area contributed by atoms with Crippen molar-refractivity contribution < 1.29 is 9.53 Å². The minimum absolute atomic E-state index is 0.260. The minimum Gasteiger partial charge on any atom is -0.489 e. The molecule has 14 heavy (non-hydrogen) atoms. The van der Waals surface area contributed by atoms with Crippen LogP contribution in [0.4, 0.5) is 0 Å². The van der Waals surface area contributed by atoms with Crippen molar-refractivity contribution in [2.75, 3.05) is 0 Å². The summed E-state index contributed by atoms with van der Waals surface area (Å²) < 4.78 is 5.51. The van der Waals surface area contributed by atoms with Crippen LogP contribution in [0.5, 0.6) is 5.75 Å². The summed E-state index contributed by atoms with van der Waals surface area (Å²) in [5, 5.41) is 0.516. The summed E-state index contributed by atoms with van der Waals surface area (Å²) in [4.78, 5) is 10.9. The number of primary amides is 1. The molecule has 0 aromatic heterocycles. The Morgan fingerprint density at radius 1 is 1.50 bits per heavy atom. The fourth-order valence-corrected chi connectivity index (χ4v) is 1.27. The number of hydrogen-bond acceptors (Lipinski definition) is 2. The molecule has 0 bridgehead atoms. The molecule has 1 amide bonds. The zero-order chi connectivity index (χ0) is 10.1. The fraction of sp³-hybridized carbons (Fsp3) is 0.300. The molecule has 1 aromatic rings. The number of halogens is 1. The number of benzene rings is 1. The van der Waals surface area contributed by atoms with E-state index in [0.717, 1.165) is 12.8 Å². The van der Waals surface area contributed by atoms with Crippen molar-refractivity contribution in [3.8, 4) is 5.75 Å². The quantitative estimate of drug-likeness (QED) is 0.831. The lowest BCUT2D eigenvalue weighted by Crippen LogP contribution is -2.11. The van der Waals surface area contributed by atoms with Gasteiger partial charge >= 0.3 is 0 Å². The van der Waals surface area contributed by atoms with E-state index < -0.39 is 5.91 Å². The Hall–Kier alpha value is -1.22. The Morgan fingerprint density at radius 3 is 2.79 bits per heavy atom. The van der Waals surface area contributed by atoms with Gasteiger partial charge in [-0.3, -0.25) is 4.79 Å². The Balaban J connectivity index is 2.26. The van der Waals surface area contributed by atoms with E-state index in [2.05, 4.69) is 0 Å². The van der Waals surface area contributed by atoms with Crippen LogP contribution in [0.1, 0.15) is 23.2 Å². The second-order valence-corrected chi connectivity index (χ2v) is 3.73. The molecule has 0 unspecified atom stereocenters. The second-order valence-electron chi connectivity index (χ2n) is 3.33. The van der Waals surface area contributed by atoms with E-state index in [0.29, 0.717) is 16.3 Å². The van der Waals surface area contributed by atoms with Crippen LogP contribution in [0.2, 0.25) is 5.02 Å². The lowest BCUT2D eigenvalue weighted by Gasteiger charge is -2.07. The highest BCUT2D eigenvalue weighted by Gasteiger charge is 2.24. The first-order chi connectivity index (χ1) is 6.66. The van der Waals surface area contributed by atoms with Crippen LogP contribution in [-0.2, 0) is 0 Å². The molecular weight excluding hydrogens is 202 g/mol. The number of carbonyl (C=O) groups excluding carboxylic acids is 1. The van der Waals surface area contributed by atoms with Crippen molar-refractivity contribution in [2.24, 2.45) is 5.73 Å². The fourth-order valence-electron chi connectivity index (χ4n) is 1.11. The van der Waals surface area contributed by atoms with E-state index in [4.69, 9.17) is 22.1 Å². The molecule has 1 saturated carbocycles. The summed E-state index contributed by atoms with van der Waals surface area (Å²) in [7, 11) is 0. The van der Waals surface area contributed by atoms with E-state index in [1.807, 2.05) is 0 Å². The molecule has 0 aliphatic heterocycles. The number of rotatable bonds is 3. The van der Waals surface area contributed by atoms with Crippen molar-refractivity contribution in [3.63, 3.8) is 0 Å². The number of nitrogens with two attached hydrogens (primary N) is 1. The zero-order valence-corrected chi connectivity index (χ0v) is 8.25. The first-order valence-electron chi connectivity index (χ1n) is 4.43. The van der Waals surface area contributed by atoms with Gasteiger partial charge in [0.25, 0.3) is 0 Å². The molecular formula is C10H10ClNO2. The highest BCUT2D eigenvalue weighted by Crippen LogP contribution is 2.32. The smallest absolute Gasteiger partial charge is 0.248 e. The van der Waals surface area contributed by atoms with Crippen LogP contribution in [0.25, 0.3) is 0 Å². The molecule has 4 heteroatoms. The topological polar surface area (TPSA) is 52.3 Å². The summed E-state index contributed by atoms with van der Waals surface area (Å²) in [6, 6.07) is 4.80. The molecule has 1 aromatic carbocycles. The molecule has 2 rings (SSSR count). The number of hydrogen-bond donors (Lipinski definition) is 1. The van der Waals surface area contributed by atoms with Gasteiger partial charge in [-0.25, -0.2) is 0 Å². The van der Waals surface area contributed by atoms with Gasteiger partial charge in [-0.2, -0.15) is 0 Å². The molecule has 1 aliphatic rings. The maximum atomic E-state index is 10.9. The first kappa shape index (κ1) is 9.34. The highest BCUT2D eigenvalue weighted by atomic mass is 35.5. The van der Waals surface area contributed by atoms with Crippen molar-refractivity contribution >= 4 is 17.5 Å². The van der Waals surface area contributed by atoms with E-state index in [9.17, 15) is 4.79 Å². The average molecular weight is 212 g/mol. The average Bonchev–Trinajstić information content (AvgIpc) is 2.92. The number of ether oxygens (including phenoxy) is 1. The maximum absolute atomic E-state index is 10.9. The van der Waals surface area contributed by atoms with Crippen LogP contribution in [0.3, 0.4) is 0 Å². The molecule has 0 heterocycles. The Kier molecular flexibility index (Phi) is 2.33. The van der Waals surface area contributed by atoms with Gasteiger partial charge in [0.1, 0.15) is 5.75 Å². The maximum Gasteiger partial charge on any atom is 0.248 e. The van der Waals surface area contributed by atoms with Gasteiger partial charge in [0.05, 0.1) is 11.1 Å². The van der Waals surface area contributed by atoms with Crippen LogP contribution >= 0.6 is 11.6 Å². The first-order valence-corrected chi connectivity index (χ1v) is 4.80. The van der Waals surface area contributed by atoms with Crippen molar-refractivity contribution in [2.45, 2.75) is 18.9 Å². The van der Waals surface area contributed by atoms with Gasteiger partial charge < -0.3 is 10.5 Å². The Labute approximate surface area is 86.8 Å². The van der Waals surface area contributed by atoms with Crippen LogP contribution < -0.4 is 10.5 Å². The van der Waals surface area contributed by atoms with Gasteiger partial charge in [-0.05, 0) is 31.0 Å². The summed E-state index contributed by atoms with van der Waals surface area (Å²) in [6.07, 6.45) is 2.37. The third kappa shape index (κ3) is 1.99. The second kappa shape index (κ2) is 3.50. The summed E-state index contributed by atoms with van der Waals surface area (Å²) in [5.41, 5.74) is 5.56. The molecule has 2 N–H and O–H groups in total. The van der Waals surface area contributed by atoms with E-state index in [-0.39, 0.29) is 6.10 Å². The van der Waals surface area contributed by atoms with Gasteiger partial charge in [-0.15, -0.1) is 0 Å². The Bertz CT molecular complexity index is 374. The molecule has 3 nitrogen and oxygen atoms in total. The third-order valence-electron chi connectivity index (χ3n) is 2.03. The molecule has 1 fully saturated rings. The summed E-state index contributed by atoms with van der Waals surface area (Å²) in [6.45, 7) is 0. The molecule has 0 spiro atoms. The van der Waals surface area contributed by atoms with E-state index in [1.54, 1.807) is 18.2 Å². The molecule has 0 radical (unpaired) electrons. The monoisotopic (exact) mass is 211 g/mol. The minimum atomic E-state index is -0.470. The predicted molar refractivity (Wildman–Crippen MR) is 53.6 cm³/mol. The number of amides is 1. The molecule has 74 valence electrons. The van der Waals surface area contributed by atoms with Crippen molar-refractivity contribution in [3.05, 3.63) is 28.8 Å². The lowest BCUT2D eigenvalue weighted by atomic mass is 10.2. The van der Waals surface area contributed by atoms with Crippen molar-refractivity contribution in [1.82, 2.24) is 0 Å². The molecule has 0 atom stereocenters. The standard InChI is InChI=1S/C10H10ClNO2/c11-8-4-1-6(10(12)13)5-9(8)14-7-2-3-7/h1,4-5,7H,2-3H2,(H2,12,13). The zero-order valence-electron chi connectivity index (χ0n) is 7.50. The molecule has 0 saturated heterocycles. The largest absolute Gasteiger partial charge is 0.489 e. The lowest BCUT2D eigenvalue weighted by molar-refractivity contribution is 0.1000. The van der Waals surface area contributed by atoms with Crippen LogP contribution in [0, 0.1) is 0 Å². The van der Waals surface area contributed by atoms with Gasteiger partial charge in [0, 0.05) is 5.56 Å².